The third-order valence-corrected chi connectivity index (χ3v) is 4.08. The molecule has 7 nitrogen and oxygen atoms in total. The van der Waals surface area contributed by atoms with Crippen LogP contribution in [0.1, 0.15) is 26.4 Å². The summed E-state index contributed by atoms with van der Waals surface area (Å²) in [4.78, 5) is 32.0. The Morgan fingerprint density at radius 1 is 1.07 bits per heavy atom. The van der Waals surface area contributed by atoms with Crippen LogP contribution in [-0.2, 0) is 11.2 Å². The molecule has 0 bridgehead atoms. The second kappa shape index (κ2) is 9.41. The van der Waals surface area contributed by atoms with Crippen LogP contribution in [0, 0.1) is 5.82 Å². The first kappa shape index (κ1) is 19.9. The van der Waals surface area contributed by atoms with Crippen molar-refractivity contribution in [3.05, 3.63) is 83.6 Å². The zero-order valence-electron chi connectivity index (χ0n) is 15.7. The van der Waals surface area contributed by atoms with Crippen LogP contribution in [-0.4, -0.2) is 35.5 Å². The predicted molar refractivity (Wildman–Crippen MR) is 106 cm³/mol. The van der Waals surface area contributed by atoms with E-state index in [0.717, 1.165) is 0 Å². The highest BCUT2D eigenvalue weighted by atomic mass is 19.1. The van der Waals surface area contributed by atoms with E-state index in [2.05, 4.69) is 20.6 Å². The second-order valence-electron chi connectivity index (χ2n) is 6.08. The van der Waals surface area contributed by atoms with Gasteiger partial charge < -0.3 is 15.4 Å². The van der Waals surface area contributed by atoms with Gasteiger partial charge >= 0.3 is 5.97 Å². The normalized spacial score (nSPS) is 10.3. The average molecular weight is 394 g/mol. The number of esters is 1. The number of amides is 1. The van der Waals surface area contributed by atoms with Crippen molar-refractivity contribution >= 4 is 23.4 Å². The van der Waals surface area contributed by atoms with Crippen LogP contribution in [0.25, 0.3) is 0 Å². The van der Waals surface area contributed by atoms with Gasteiger partial charge in [0.15, 0.2) is 0 Å². The van der Waals surface area contributed by atoms with Crippen molar-refractivity contribution in [3.63, 3.8) is 0 Å². The number of methoxy groups -OCH3 is 1. The smallest absolute Gasteiger partial charge is 0.337 e. The Morgan fingerprint density at radius 3 is 2.62 bits per heavy atom. The van der Waals surface area contributed by atoms with Gasteiger partial charge in [0.05, 0.1) is 25.1 Å². The van der Waals surface area contributed by atoms with Crippen LogP contribution >= 0.6 is 0 Å². The predicted octanol–water partition coefficient (Wildman–Crippen LogP) is 3.12. The first-order valence-electron chi connectivity index (χ1n) is 8.86. The molecular formula is C21H19FN4O3. The number of carbonyl (C=O) groups excluding carboxylic acids is 2. The molecule has 29 heavy (non-hydrogen) atoms. The summed E-state index contributed by atoms with van der Waals surface area (Å²) in [6.45, 7) is 0.280. The number of nitrogens with zero attached hydrogens (tertiary/aromatic N) is 2. The van der Waals surface area contributed by atoms with E-state index in [1.165, 1.54) is 25.6 Å². The zero-order chi connectivity index (χ0) is 20.6. The molecule has 0 fully saturated rings. The highest BCUT2D eigenvalue weighted by Gasteiger charge is 2.10. The molecule has 1 heterocycles. The lowest BCUT2D eigenvalue weighted by Gasteiger charge is -2.08. The molecule has 1 amide bonds. The Hall–Kier alpha value is -3.81. The van der Waals surface area contributed by atoms with Gasteiger partial charge in [0.2, 0.25) is 0 Å². The van der Waals surface area contributed by atoms with E-state index in [4.69, 9.17) is 4.74 Å². The van der Waals surface area contributed by atoms with Gasteiger partial charge in [-0.15, -0.1) is 0 Å². The number of hydrogen-bond acceptors (Lipinski definition) is 6. The lowest BCUT2D eigenvalue weighted by atomic mass is 10.1. The second-order valence-corrected chi connectivity index (χ2v) is 6.08. The molecule has 0 spiro atoms. The van der Waals surface area contributed by atoms with Crippen molar-refractivity contribution in [1.29, 1.82) is 0 Å². The van der Waals surface area contributed by atoms with E-state index in [1.54, 1.807) is 42.5 Å². The van der Waals surface area contributed by atoms with Gasteiger partial charge in [0, 0.05) is 12.2 Å². The SMILES string of the molecule is COC(=O)c1cccc(Nc2cnc(C(=O)NCCc3ccccc3F)cn2)c1. The number of carbonyl (C=O) groups is 2. The fraction of sp³-hybridized carbons (Fsp3) is 0.143. The molecule has 0 aliphatic heterocycles. The number of aromatic nitrogens is 2. The quantitative estimate of drug-likeness (QED) is 0.598. The molecule has 3 rings (SSSR count). The van der Waals surface area contributed by atoms with Crippen molar-refractivity contribution in [1.82, 2.24) is 15.3 Å². The molecule has 1 aromatic heterocycles. The van der Waals surface area contributed by atoms with Crippen LogP contribution < -0.4 is 10.6 Å². The van der Waals surface area contributed by atoms with Crippen molar-refractivity contribution in [2.24, 2.45) is 0 Å². The number of benzene rings is 2. The molecule has 0 unspecified atom stereocenters. The zero-order valence-corrected chi connectivity index (χ0v) is 15.7. The van der Waals surface area contributed by atoms with E-state index in [9.17, 15) is 14.0 Å². The number of hydrogen-bond donors (Lipinski definition) is 2. The van der Waals surface area contributed by atoms with Crippen LogP contribution in [0.5, 0.6) is 0 Å². The topological polar surface area (TPSA) is 93.2 Å². The summed E-state index contributed by atoms with van der Waals surface area (Å²) in [6, 6.07) is 13.2. The molecule has 2 N–H and O–H groups in total. The summed E-state index contributed by atoms with van der Waals surface area (Å²) < 4.78 is 18.3. The minimum Gasteiger partial charge on any atom is -0.465 e. The van der Waals surface area contributed by atoms with Crippen LogP contribution in [0.4, 0.5) is 15.9 Å². The summed E-state index contributed by atoms with van der Waals surface area (Å²) >= 11 is 0. The van der Waals surface area contributed by atoms with Crippen LogP contribution in [0.3, 0.4) is 0 Å². The van der Waals surface area contributed by atoms with Crippen LogP contribution in [0.15, 0.2) is 60.9 Å². The lowest BCUT2D eigenvalue weighted by molar-refractivity contribution is 0.0600. The van der Waals surface area contributed by atoms with Gasteiger partial charge in [-0.25, -0.2) is 19.2 Å². The third kappa shape index (κ3) is 5.35. The fourth-order valence-corrected chi connectivity index (χ4v) is 2.60. The molecule has 0 saturated carbocycles. The molecule has 0 radical (unpaired) electrons. The van der Waals surface area contributed by atoms with E-state index in [-0.39, 0.29) is 18.1 Å². The molecule has 8 heteroatoms. The van der Waals surface area contributed by atoms with E-state index < -0.39 is 11.9 Å². The molecule has 148 valence electrons. The van der Waals surface area contributed by atoms with Gasteiger partial charge in [-0.1, -0.05) is 24.3 Å². The summed E-state index contributed by atoms with van der Waals surface area (Å²) in [6.07, 6.45) is 3.13. The minimum atomic E-state index is -0.442. The number of nitrogens with one attached hydrogen (secondary N) is 2. The lowest BCUT2D eigenvalue weighted by Crippen LogP contribution is -2.26. The number of anilines is 2. The van der Waals surface area contributed by atoms with Gasteiger partial charge in [0.1, 0.15) is 17.3 Å². The molecule has 0 aliphatic carbocycles. The number of halogens is 1. The highest BCUT2D eigenvalue weighted by Crippen LogP contribution is 2.16. The molecule has 0 aliphatic rings. The Labute approximate surface area is 167 Å². The van der Waals surface area contributed by atoms with Crippen molar-refractivity contribution in [2.75, 3.05) is 19.0 Å². The Bertz CT molecular complexity index is 1010. The Balaban J connectivity index is 1.56. The van der Waals surface area contributed by atoms with Crippen LogP contribution in [0.2, 0.25) is 0 Å². The van der Waals surface area contributed by atoms with E-state index in [1.807, 2.05) is 0 Å². The third-order valence-electron chi connectivity index (χ3n) is 4.08. The maximum Gasteiger partial charge on any atom is 0.337 e. The molecule has 2 aromatic carbocycles. The monoisotopic (exact) mass is 394 g/mol. The molecule has 3 aromatic rings. The largest absolute Gasteiger partial charge is 0.465 e. The first-order valence-corrected chi connectivity index (χ1v) is 8.86. The van der Waals surface area contributed by atoms with Gasteiger partial charge in [-0.2, -0.15) is 0 Å². The van der Waals surface area contributed by atoms with Crippen molar-refractivity contribution in [2.45, 2.75) is 6.42 Å². The Morgan fingerprint density at radius 2 is 1.90 bits per heavy atom. The molecular weight excluding hydrogens is 375 g/mol. The summed E-state index contributed by atoms with van der Waals surface area (Å²) in [7, 11) is 1.31. The van der Waals surface area contributed by atoms with Crippen molar-refractivity contribution in [3.8, 4) is 0 Å². The highest BCUT2D eigenvalue weighted by molar-refractivity contribution is 5.92. The minimum absolute atomic E-state index is 0.146. The maximum atomic E-state index is 13.6. The summed E-state index contributed by atoms with van der Waals surface area (Å²) in [5.41, 5.74) is 1.71. The van der Waals surface area contributed by atoms with Crippen molar-refractivity contribution < 1.29 is 18.7 Å². The number of rotatable bonds is 7. The number of ether oxygens (including phenoxy) is 1. The van der Waals surface area contributed by atoms with E-state index >= 15 is 0 Å². The Kier molecular flexibility index (Phi) is 6.47. The molecule has 0 saturated heterocycles. The first-order chi connectivity index (χ1) is 14.1. The summed E-state index contributed by atoms with van der Waals surface area (Å²) in [5.74, 6) is -0.724. The van der Waals surface area contributed by atoms with Gasteiger partial charge in [-0.05, 0) is 36.2 Å². The fourth-order valence-electron chi connectivity index (χ4n) is 2.60. The van der Waals surface area contributed by atoms with E-state index in [0.29, 0.717) is 29.1 Å². The average Bonchev–Trinajstić information content (AvgIpc) is 2.75. The standard InChI is InChI=1S/C21H19FN4O3/c1-29-21(28)15-6-4-7-16(11-15)26-19-13-24-18(12-25-19)20(27)23-10-9-14-5-2-3-8-17(14)22/h2-8,11-13H,9-10H2,1H3,(H,23,27)(H,25,26). The summed E-state index contributed by atoms with van der Waals surface area (Å²) in [5, 5.41) is 5.70. The molecule has 0 atom stereocenters. The van der Waals surface area contributed by atoms with Gasteiger partial charge in [-0.3, -0.25) is 4.79 Å². The van der Waals surface area contributed by atoms with Gasteiger partial charge in [0.25, 0.3) is 5.91 Å². The maximum absolute atomic E-state index is 13.6.